The summed E-state index contributed by atoms with van der Waals surface area (Å²) in [5.74, 6) is -5.02. The van der Waals surface area contributed by atoms with Crippen LogP contribution < -0.4 is 16.4 Å². The number of carboxylic acids is 2. The van der Waals surface area contributed by atoms with Crippen LogP contribution >= 0.6 is 11.8 Å². The van der Waals surface area contributed by atoms with E-state index in [9.17, 15) is 29.1 Å². The summed E-state index contributed by atoms with van der Waals surface area (Å²) in [4.78, 5) is 59.3. The second-order valence-electron chi connectivity index (χ2n) is 9.29. The lowest BCUT2D eigenvalue weighted by atomic mass is 9.66. The van der Waals surface area contributed by atoms with E-state index in [4.69, 9.17) is 20.7 Å². The molecular weight excluding hydrogens is 470 g/mol. The van der Waals surface area contributed by atoms with Gasteiger partial charge in [0.15, 0.2) is 0 Å². The van der Waals surface area contributed by atoms with Crippen LogP contribution in [0.3, 0.4) is 0 Å². The van der Waals surface area contributed by atoms with Crippen molar-refractivity contribution in [2.24, 2.45) is 23.5 Å². The lowest BCUT2D eigenvalue weighted by molar-refractivity contribution is -0.145. The van der Waals surface area contributed by atoms with Gasteiger partial charge in [-0.05, 0) is 37.5 Å². The van der Waals surface area contributed by atoms with Crippen LogP contribution in [0.2, 0.25) is 0 Å². The Morgan fingerprint density at radius 1 is 1.26 bits per heavy atom. The van der Waals surface area contributed by atoms with Crippen molar-refractivity contribution in [1.82, 2.24) is 10.6 Å². The summed E-state index contributed by atoms with van der Waals surface area (Å²) < 4.78 is 5.46. The van der Waals surface area contributed by atoms with Crippen LogP contribution in [0.4, 0.5) is 0 Å². The third-order valence-electron chi connectivity index (χ3n) is 7.02. The number of rotatable bonds is 11. The Morgan fingerprint density at radius 3 is 2.62 bits per heavy atom. The van der Waals surface area contributed by atoms with Gasteiger partial charge in [-0.25, -0.2) is 0 Å². The van der Waals surface area contributed by atoms with Gasteiger partial charge >= 0.3 is 17.9 Å². The van der Waals surface area contributed by atoms with Crippen molar-refractivity contribution in [2.75, 3.05) is 12.3 Å². The van der Waals surface area contributed by atoms with Gasteiger partial charge in [-0.1, -0.05) is 6.92 Å². The van der Waals surface area contributed by atoms with Crippen molar-refractivity contribution in [3.8, 4) is 0 Å². The summed E-state index contributed by atoms with van der Waals surface area (Å²) in [5, 5.41) is 33.5. The molecule has 12 nitrogen and oxygen atoms in total. The van der Waals surface area contributed by atoms with Crippen LogP contribution in [0.1, 0.15) is 39.0 Å². The summed E-state index contributed by atoms with van der Waals surface area (Å²) in [6.07, 6.45) is 1.19. The largest absolute Gasteiger partial charge is 0.480 e. The van der Waals surface area contributed by atoms with Gasteiger partial charge in [0.2, 0.25) is 11.8 Å². The summed E-state index contributed by atoms with van der Waals surface area (Å²) in [5.41, 5.74) is 4.18. The van der Waals surface area contributed by atoms with E-state index in [1.165, 1.54) is 11.8 Å². The molecule has 3 aliphatic rings. The van der Waals surface area contributed by atoms with Gasteiger partial charge < -0.3 is 36.4 Å². The van der Waals surface area contributed by atoms with Crippen LogP contribution in [0.15, 0.2) is 0 Å². The number of ether oxygens (including phenoxy) is 1. The fraction of sp³-hybridized carbons (Fsp3) is 0.762. The second kappa shape index (κ2) is 10.5. The first kappa shape index (κ1) is 26.2. The van der Waals surface area contributed by atoms with Gasteiger partial charge in [0.1, 0.15) is 36.3 Å². The predicted octanol–water partition coefficient (Wildman–Crippen LogP) is -1.31. The molecule has 0 aromatic rings. The van der Waals surface area contributed by atoms with Crippen LogP contribution in [-0.4, -0.2) is 86.4 Å². The van der Waals surface area contributed by atoms with Gasteiger partial charge in [0.05, 0.1) is 0 Å². The molecule has 7 N–H and O–H groups in total. The molecule has 34 heavy (non-hydrogen) atoms. The van der Waals surface area contributed by atoms with Crippen molar-refractivity contribution in [1.29, 1.82) is 0 Å². The first-order valence-electron chi connectivity index (χ1n) is 11.3. The molecule has 2 amide bonds. The smallest absolute Gasteiger partial charge is 0.322 e. The summed E-state index contributed by atoms with van der Waals surface area (Å²) in [7, 11) is 0. The standard InChI is InChI=1S/C21H31N3O9S/c1-9-6-10-2-4-13-21(10,32)16(20(31)33-13)17(9)34-8-12(18(28)23-7-15(26)27)24-14(25)5-3-11(22)19(29)30/h9-13,16-17,32H,2-8,22H2,1H3,(H,23,28)(H,24,25)(H,26,27)(H,29,30). The number of carbonyl (C=O) groups excluding carboxylic acids is 3. The molecule has 8 unspecified atom stereocenters. The topological polar surface area (TPSA) is 205 Å². The SMILES string of the molecule is CC1CC2CCC3OC(=O)C(C1SCC(NC(=O)CCC(N)C(=O)O)C(=O)NCC(=O)O)C23O. The lowest BCUT2D eigenvalue weighted by Gasteiger charge is -2.44. The number of carbonyl (C=O) groups is 5. The quantitative estimate of drug-likeness (QED) is 0.183. The predicted molar refractivity (Wildman–Crippen MR) is 118 cm³/mol. The number of hydrogen-bond donors (Lipinski definition) is 6. The Labute approximate surface area is 200 Å². The van der Waals surface area contributed by atoms with Crippen molar-refractivity contribution in [2.45, 2.75) is 68.1 Å². The number of hydrogen-bond acceptors (Lipinski definition) is 9. The highest BCUT2D eigenvalue weighted by atomic mass is 32.2. The molecule has 0 radical (unpaired) electrons. The Hall–Kier alpha value is -2.38. The van der Waals surface area contributed by atoms with E-state index in [-0.39, 0.29) is 35.7 Å². The molecule has 0 bridgehead atoms. The molecular formula is C21H31N3O9S. The molecule has 1 saturated heterocycles. The highest BCUT2D eigenvalue weighted by Crippen LogP contribution is 2.58. The van der Waals surface area contributed by atoms with Crippen LogP contribution in [0, 0.1) is 17.8 Å². The number of aliphatic carboxylic acids is 2. The number of nitrogens with one attached hydrogen (secondary N) is 2. The maximum Gasteiger partial charge on any atom is 0.322 e. The molecule has 3 rings (SSSR count). The van der Waals surface area contributed by atoms with Gasteiger partial charge in [-0.2, -0.15) is 11.8 Å². The zero-order valence-corrected chi connectivity index (χ0v) is 19.6. The van der Waals surface area contributed by atoms with E-state index < -0.39 is 66.0 Å². The fourth-order valence-corrected chi connectivity index (χ4v) is 6.93. The summed E-state index contributed by atoms with van der Waals surface area (Å²) in [6.45, 7) is 1.33. The van der Waals surface area contributed by atoms with Crippen molar-refractivity contribution in [3.05, 3.63) is 0 Å². The van der Waals surface area contributed by atoms with Crippen molar-refractivity contribution in [3.63, 3.8) is 0 Å². The van der Waals surface area contributed by atoms with E-state index in [1.54, 1.807) is 0 Å². The molecule has 190 valence electrons. The normalized spacial score (nSPS) is 33.4. The molecule has 2 saturated carbocycles. The van der Waals surface area contributed by atoms with Crippen LogP contribution in [-0.2, 0) is 28.7 Å². The third kappa shape index (κ3) is 5.31. The molecule has 0 aromatic carbocycles. The first-order chi connectivity index (χ1) is 15.9. The van der Waals surface area contributed by atoms with Gasteiger partial charge in [-0.15, -0.1) is 0 Å². The van der Waals surface area contributed by atoms with Crippen molar-refractivity contribution < 1.29 is 44.0 Å². The summed E-state index contributed by atoms with van der Waals surface area (Å²) >= 11 is 1.26. The monoisotopic (exact) mass is 501 g/mol. The average Bonchev–Trinajstić information content (AvgIpc) is 3.21. The van der Waals surface area contributed by atoms with Crippen molar-refractivity contribution >= 4 is 41.5 Å². The minimum absolute atomic E-state index is 0.0202. The number of thioether (sulfide) groups is 1. The molecule has 13 heteroatoms. The fourth-order valence-electron chi connectivity index (χ4n) is 5.32. The van der Waals surface area contributed by atoms with E-state index in [2.05, 4.69) is 10.6 Å². The number of nitrogens with two attached hydrogens (primary N) is 1. The molecule has 0 spiro atoms. The number of aliphatic hydroxyl groups is 1. The molecule has 1 aliphatic heterocycles. The van der Waals surface area contributed by atoms with Gasteiger partial charge in [0, 0.05) is 17.4 Å². The van der Waals surface area contributed by atoms with Crippen LogP contribution in [0.25, 0.3) is 0 Å². The lowest BCUT2D eigenvalue weighted by Crippen LogP contribution is -2.56. The minimum Gasteiger partial charge on any atom is -0.480 e. The highest BCUT2D eigenvalue weighted by Gasteiger charge is 2.68. The Morgan fingerprint density at radius 2 is 1.97 bits per heavy atom. The van der Waals surface area contributed by atoms with E-state index in [0.29, 0.717) is 12.8 Å². The zero-order chi connectivity index (χ0) is 25.2. The Bertz CT molecular complexity index is 855. The zero-order valence-electron chi connectivity index (χ0n) is 18.8. The van der Waals surface area contributed by atoms with E-state index in [1.807, 2.05) is 6.92 Å². The highest BCUT2D eigenvalue weighted by molar-refractivity contribution is 8.00. The van der Waals surface area contributed by atoms with E-state index in [0.717, 1.165) is 6.42 Å². The number of esters is 1. The van der Waals surface area contributed by atoms with E-state index >= 15 is 0 Å². The molecule has 3 fully saturated rings. The van der Waals surface area contributed by atoms with Crippen LogP contribution in [0.5, 0.6) is 0 Å². The molecule has 8 atom stereocenters. The number of amides is 2. The number of carboxylic acid groups (broad SMARTS) is 2. The van der Waals surface area contributed by atoms with Gasteiger partial charge in [0.25, 0.3) is 0 Å². The Kier molecular flexibility index (Phi) is 8.09. The first-order valence-corrected chi connectivity index (χ1v) is 12.3. The molecule has 1 heterocycles. The second-order valence-corrected chi connectivity index (χ2v) is 10.5. The van der Waals surface area contributed by atoms with Gasteiger partial charge in [-0.3, -0.25) is 24.0 Å². The minimum atomic E-state index is -1.26. The Balaban J connectivity index is 1.68. The average molecular weight is 502 g/mol. The third-order valence-corrected chi connectivity index (χ3v) is 8.67. The maximum atomic E-state index is 12.6. The molecule has 2 aliphatic carbocycles. The molecule has 0 aromatic heterocycles. The maximum absolute atomic E-state index is 12.6. The summed E-state index contributed by atoms with van der Waals surface area (Å²) in [6, 6.07) is -2.36.